The zero-order chi connectivity index (χ0) is 52.3. The van der Waals surface area contributed by atoms with Crippen LogP contribution in [0.1, 0.15) is 22.8 Å². The van der Waals surface area contributed by atoms with Crippen molar-refractivity contribution in [1.29, 1.82) is 0 Å². The van der Waals surface area contributed by atoms with Crippen molar-refractivity contribution in [3.8, 4) is 44.5 Å². The molecule has 0 spiro atoms. The van der Waals surface area contributed by atoms with E-state index in [9.17, 15) is 51.9 Å². The van der Waals surface area contributed by atoms with Crippen LogP contribution >= 0.6 is 127 Å². The maximum atomic E-state index is 12.3. The molecule has 0 atom stereocenters. The first-order chi connectivity index (χ1) is 33.6. The molecule has 0 saturated carbocycles. The molecule has 7 aromatic rings. The molecule has 16 nitrogen and oxygen atoms in total. The van der Waals surface area contributed by atoms with E-state index in [1.807, 2.05) is 0 Å². The first kappa shape index (κ1) is 56.7. The average Bonchev–Trinajstić information content (AvgIpc) is 3.97. The number of aromatic nitrogens is 4. The van der Waals surface area contributed by atoms with Crippen molar-refractivity contribution < 1.29 is 69.0 Å². The summed E-state index contributed by atoms with van der Waals surface area (Å²) in [5.41, 5.74) is 4.12. The molecule has 8 bridgehead atoms. The monoisotopic (exact) mass is 1610 g/mol. The van der Waals surface area contributed by atoms with E-state index in [4.69, 9.17) is 19.9 Å². The zero-order valence-corrected chi connectivity index (χ0v) is 52.3. The number of halogens is 8. The molecule has 29 heteroatoms. The van der Waals surface area contributed by atoms with Crippen molar-refractivity contribution in [3.63, 3.8) is 0 Å². The van der Waals surface area contributed by atoms with E-state index in [1.165, 1.54) is 97.1 Å². The molecule has 1 radical (unpaired) electrons. The SMILES string of the molecule is O=S(=O)(O)c1ccc(-c2c3nc(c(-c4ccc(S(=O)(=O)O)cc4)c4[n-]c(c(Br)c4Br)c(-c4ccc(S(=O)(=O)O)cc4)c4nc(c(-c5ccc(S(=O)(=O)O)cc5)c5[n-]c2c(Br)c5Br)C(Br)=C4Br)C(Br)=C3Br)cc1.[Mn+2]. The second-order valence-corrected chi connectivity index (χ2v) is 27.3. The summed E-state index contributed by atoms with van der Waals surface area (Å²) in [5, 5.41) is 0. The summed E-state index contributed by atoms with van der Waals surface area (Å²) in [5.74, 6) is 0. The predicted molar refractivity (Wildman–Crippen MR) is 300 cm³/mol. The van der Waals surface area contributed by atoms with Gasteiger partial charge in [0.15, 0.2) is 0 Å². The molecule has 4 aromatic carbocycles. The van der Waals surface area contributed by atoms with Crippen LogP contribution in [0.25, 0.3) is 84.5 Å². The zero-order valence-electron chi connectivity index (χ0n) is 35.1. The Morgan fingerprint density at radius 3 is 0.630 bits per heavy atom. The second-order valence-electron chi connectivity index (χ2n) is 15.2. The van der Waals surface area contributed by atoms with Crippen LogP contribution in [0.4, 0.5) is 0 Å². The number of hydrogen-bond acceptors (Lipinski definition) is 10. The van der Waals surface area contributed by atoms with Crippen LogP contribution in [-0.4, -0.2) is 61.9 Å². The van der Waals surface area contributed by atoms with Crippen molar-refractivity contribution in [2.75, 3.05) is 0 Å². The molecule has 9 rings (SSSR count). The van der Waals surface area contributed by atoms with Crippen LogP contribution in [0.5, 0.6) is 0 Å². The molecule has 4 N–H and O–H groups in total. The average molecular weight is 1620 g/mol. The van der Waals surface area contributed by atoms with Crippen molar-refractivity contribution in [1.82, 2.24) is 19.9 Å². The minimum atomic E-state index is -4.65. The third kappa shape index (κ3) is 10.5. The molecule has 2 aliphatic rings. The van der Waals surface area contributed by atoms with Gasteiger partial charge < -0.3 is 9.97 Å². The van der Waals surface area contributed by atoms with Crippen molar-refractivity contribution in [3.05, 3.63) is 138 Å². The molecule has 3 aromatic heterocycles. The first-order valence-corrected chi connectivity index (χ1v) is 31.6. The summed E-state index contributed by atoms with van der Waals surface area (Å²) in [6, 6.07) is 21.0. The first-order valence-electron chi connectivity index (χ1n) is 19.5. The molecule has 0 saturated heterocycles. The Bertz CT molecular complexity index is 3730. The van der Waals surface area contributed by atoms with Gasteiger partial charge in [-0.05, 0) is 157 Å². The van der Waals surface area contributed by atoms with Crippen LogP contribution in [-0.2, 0) is 57.5 Å². The van der Waals surface area contributed by atoms with Crippen molar-refractivity contribution >= 4 is 208 Å². The smallest absolute Gasteiger partial charge is 0.655 e. The molecule has 0 aliphatic carbocycles. The van der Waals surface area contributed by atoms with Gasteiger partial charge in [-0.2, -0.15) is 33.7 Å². The van der Waals surface area contributed by atoms with Crippen LogP contribution in [0.2, 0.25) is 0 Å². The van der Waals surface area contributed by atoms with E-state index in [2.05, 4.69) is 127 Å². The molecular weight excluding hydrogens is 1600 g/mol. The van der Waals surface area contributed by atoms with Gasteiger partial charge in [-0.1, -0.05) is 112 Å². The summed E-state index contributed by atoms with van der Waals surface area (Å²) >= 11 is 29.9. The Morgan fingerprint density at radius 2 is 0.479 bits per heavy atom. The van der Waals surface area contributed by atoms with E-state index in [-0.39, 0.29) is 84.2 Å². The van der Waals surface area contributed by atoms with E-state index in [1.54, 1.807) is 0 Å². The number of fused-ring (bicyclic) bond motifs is 8. The van der Waals surface area contributed by atoms with E-state index in [0.717, 1.165) is 0 Å². The predicted octanol–water partition coefficient (Wildman–Crippen LogP) is 13.5. The van der Waals surface area contributed by atoms with Gasteiger partial charge in [-0.3, -0.25) is 18.2 Å². The summed E-state index contributed by atoms with van der Waals surface area (Å²) in [7, 11) is -18.6. The third-order valence-corrected chi connectivity index (χ3v) is 22.8. The molecule has 0 amide bonds. The number of nitrogens with zero attached hydrogens (tertiary/aromatic N) is 4. The van der Waals surface area contributed by atoms with E-state index in [0.29, 0.717) is 58.1 Å². The second kappa shape index (κ2) is 20.7. The maximum absolute atomic E-state index is 12.3. The maximum Gasteiger partial charge on any atom is 2.00 e. The van der Waals surface area contributed by atoms with Crippen LogP contribution < -0.4 is 9.97 Å². The summed E-state index contributed by atoms with van der Waals surface area (Å²) < 4.78 is 141. The van der Waals surface area contributed by atoms with Gasteiger partial charge in [0.1, 0.15) is 0 Å². The Labute approximate surface area is 492 Å². The Kier molecular flexibility index (Phi) is 16.1. The van der Waals surface area contributed by atoms with Crippen molar-refractivity contribution in [2.24, 2.45) is 0 Å². The minimum absolute atomic E-state index is 0. The van der Waals surface area contributed by atoms with E-state index < -0.39 is 60.1 Å². The topological polar surface area (TPSA) is 271 Å². The minimum Gasteiger partial charge on any atom is -0.655 e. The molecule has 2 aliphatic heterocycles. The number of hydrogen-bond donors (Lipinski definition) is 4. The van der Waals surface area contributed by atoms with E-state index >= 15 is 0 Å². The van der Waals surface area contributed by atoms with Crippen LogP contribution in [0.15, 0.2) is 135 Å². The van der Waals surface area contributed by atoms with Gasteiger partial charge in [0.25, 0.3) is 40.5 Å². The van der Waals surface area contributed by atoms with Gasteiger partial charge in [0.2, 0.25) is 0 Å². The van der Waals surface area contributed by atoms with Crippen LogP contribution in [0.3, 0.4) is 0 Å². The molecular formula is C44H20Br8MnN4O12S4. The molecule has 5 heterocycles. The Balaban J connectivity index is 0.00000711. The number of benzene rings is 4. The summed E-state index contributed by atoms with van der Waals surface area (Å²) in [4.78, 5) is 19.2. The Hall–Kier alpha value is -2.52. The fourth-order valence-corrected chi connectivity index (χ4v) is 13.4. The fourth-order valence-electron chi connectivity index (χ4n) is 7.71. The Morgan fingerprint density at radius 1 is 0.315 bits per heavy atom. The molecule has 375 valence electrons. The quantitative estimate of drug-likeness (QED) is 0.0813. The number of rotatable bonds is 8. The molecule has 0 unspecified atom stereocenters. The van der Waals surface area contributed by atoms with Crippen molar-refractivity contribution in [2.45, 2.75) is 19.6 Å². The largest absolute Gasteiger partial charge is 2.00 e. The fraction of sp³-hybridized carbons (Fsp3) is 0. The van der Waals surface area contributed by atoms with Gasteiger partial charge in [0.05, 0.1) is 60.3 Å². The molecule has 0 fully saturated rings. The summed E-state index contributed by atoms with van der Waals surface area (Å²) in [6.07, 6.45) is 0. The standard InChI is InChI=1S/C44H20Br8N4O12S4.Mn/c45-29-31(47)39-26(18-3-11-22(12-4-18)70(60,61)62)41-33(49)35(51)43(55-41)28(20-7-15-24(16-8-20)72(66,67)68)44-36(52)34(50)42(56-44)27(19-5-13-23(14-6-19)71(63,64)65)40-32(48)30(46)38(54-40)25(37(29)53-39)17-1-9-21(10-2-17)69(57,58)59;/h1-16H,(H,57,58,59)(H,60,61,62)(H,63,64,65)(H,66,67,68);/q-2;+2. The van der Waals surface area contributed by atoms with Gasteiger partial charge in [-0.25, -0.2) is 9.97 Å². The van der Waals surface area contributed by atoms with Gasteiger partial charge >= 0.3 is 17.1 Å². The third-order valence-electron chi connectivity index (χ3n) is 11.0. The summed E-state index contributed by atoms with van der Waals surface area (Å²) in [6.45, 7) is 0. The normalized spacial score (nSPS) is 13.4. The van der Waals surface area contributed by atoms with Crippen LogP contribution in [0, 0.1) is 0 Å². The molecule has 73 heavy (non-hydrogen) atoms. The van der Waals surface area contributed by atoms with Gasteiger partial charge in [-0.15, -0.1) is 22.1 Å². The van der Waals surface area contributed by atoms with Gasteiger partial charge in [0, 0.05) is 17.9 Å².